The number of anilines is 1. The molecule has 0 bridgehead atoms. The smallest absolute Gasteiger partial charge is 0.323 e. The maximum Gasteiger partial charge on any atom is 0.323 e. The van der Waals surface area contributed by atoms with Crippen LogP contribution in [-0.2, 0) is 7.05 Å². The molecule has 5 heteroatoms. The lowest BCUT2D eigenvalue weighted by molar-refractivity contribution is 0.156. The number of amides is 2. The van der Waals surface area contributed by atoms with Crippen LogP contribution in [0, 0.1) is 11.8 Å². The fourth-order valence-electron chi connectivity index (χ4n) is 2.51. The van der Waals surface area contributed by atoms with Gasteiger partial charge in [-0.2, -0.15) is 5.10 Å². The molecule has 1 aromatic rings. The van der Waals surface area contributed by atoms with Gasteiger partial charge in [-0.25, -0.2) is 4.79 Å². The number of piperidine rings is 1. The van der Waals surface area contributed by atoms with Gasteiger partial charge < -0.3 is 4.90 Å². The lowest BCUT2D eigenvalue weighted by Gasteiger charge is -2.34. The minimum absolute atomic E-state index is 0.0213. The molecule has 17 heavy (non-hydrogen) atoms. The Bertz CT molecular complexity index is 391. The average molecular weight is 236 g/mol. The third-order valence-corrected chi connectivity index (χ3v) is 3.21. The van der Waals surface area contributed by atoms with Gasteiger partial charge in [0.2, 0.25) is 0 Å². The second-order valence-corrected chi connectivity index (χ2v) is 5.12. The molecule has 94 valence electrons. The summed E-state index contributed by atoms with van der Waals surface area (Å²) in [5.74, 6) is 1.90. The second-order valence-electron chi connectivity index (χ2n) is 5.12. The van der Waals surface area contributed by atoms with Crippen LogP contribution in [0.5, 0.6) is 0 Å². The predicted molar refractivity (Wildman–Crippen MR) is 66.7 cm³/mol. The number of likely N-dealkylation sites (tertiary alicyclic amines) is 1. The van der Waals surface area contributed by atoms with Gasteiger partial charge in [0.15, 0.2) is 0 Å². The number of nitrogens with zero attached hydrogens (tertiary/aromatic N) is 3. The van der Waals surface area contributed by atoms with Crippen LogP contribution in [0.4, 0.5) is 10.6 Å². The summed E-state index contributed by atoms with van der Waals surface area (Å²) in [6.45, 7) is 6.07. The molecule has 1 aliphatic rings. The summed E-state index contributed by atoms with van der Waals surface area (Å²) in [6.07, 6.45) is 2.88. The highest BCUT2D eigenvalue weighted by Gasteiger charge is 2.25. The van der Waals surface area contributed by atoms with Crippen LogP contribution in [0.3, 0.4) is 0 Å². The molecule has 0 aromatic carbocycles. The van der Waals surface area contributed by atoms with E-state index in [4.69, 9.17) is 0 Å². The molecule has 2 atom stereocenters. The van der Waals surface area contributed by atoms with Crippen LogP contribution in [0.2, 0.25) is 0 Å². The highest BCUT2D eigenvalue weighted by molar-refractivity contribution is 5.88. The van der Waals surface area contributed by atoms with E-state index in [0.29, 0.717) is 11.8 Å². The molecule has 1 aromatic heterocycles. The number of aryl methyl sites for hydroxylation is 1. The molecular formula is C12H20N4O. The van der Waals surface area contributed by atoms with Crippen molar-refractivity contribution in [3.63, 3.8) is 0 Å². The number of rotatable bonds is 1. The van der Waals surface area contributed by atoms with E-state index in [9.17, 15) is 4.79 Å². The summed E-state index contributed by atoms with van der Waals surface area (Å²) in [5, 5.41) is 6.92. The minimum atomic E-state index is -0.0213. The quantitative estimate of drug-likeness (QED) is 0.810. The summed E-state index contributed by atoms with van der Waals surface area (Å²) in [7, 11) is 1.82. The van der Waals surface area contributed by atoms with E-state index in [0.717, 1.165) is 18.9 Å². The molecule has 0 saturated carbocycles. The first-order valence-electron chi connectivity index (χ1n) is 6.10. The number of aromatic nitrogens is 2. The molecular weight excluding hydrogens is 216 g/mol. The normalized spacial score (nSPS) is 24.8. The Labute approximate surface area is 102 Å². The zero-order valence-electron chi connectivity index (χ0n) is 10.7. The lowest BCUT2D eigenvalue weighted by Crippen LogP contribution is -2.44. The monoisotopic (exact) mass is 236 g/mol. The number of nitrogens with one attached hydrogen (secondary N) is 1. The van der Waals surface area contributed by atoms with Gasteiger partial charge in [0.25, 0.3) is 0 Å². The SMILES string of the molecule is CC1CC(C)CN(C(=O)Nc2ccnn2C)C1. The van der Waals surface area contributed by atoms with Crippen LogP contribution in [0.1, 0.15) is 20.3 Å². The summed E-state index contributed by atoms with van der Waals surface area (Å²) >= 11 is 0. The summed E-state index contributed by atoms with van der Waals surface area (Å²) < 4.78 is 1.66. The van der Waals surface area contributed by atoms with Crippen molar-refractivity contribution in [2.24, 2.45) is 18.9 Å². The summed E-state index contributed by atoms with van der Waals surface area (Å²) in [4.78, 5) is 14.0. The van der Waals surface area contributed by atoms with Crippen molar-refractivity contribution in [1.82, 2.24) is 14.7 Å². The topological polar surface area (TPSA) is 50.2 Å². The van der Waals surface area contributed by atoms with E-state index in [1.54, 1.807) is 16.9 Å². The molecule has 2 rings (SSSR count). The van der Waals surface area contributed by atoms with Gasteiger partial charge in [-0.1, -0.05) is 13.8 Å². The van der Waals surface area contributed by atoms with Crippen LogP contribution in [0.25, 0.3) is 0 Å². The molecule has 1 fully saturated rings. The number of hydrogen-bond donors (Lipinski definition) is 1. The first-order chi connectivity index (χ1) is 8.06. The Hall–Kier alpha value is -1.52. The lowest BCUT2D eigenvalue weighted by atomic mass is 9.92. The van der Waals surface area contributed by atoms with Gasteiger partial charge in [0, 0.05) is 26.2 Å². The van der Waals surface area contributed by atoms with Crippen LogP contribution in [-0.4, -0.2) is 33.8 Å². The van der Waals surface area contributed by atoms with Gasteiger partial charge in [-0.15, -0.1) is 0 Å². The van der Waals surface area contributed by atoms with Crippen molar-refractivity contribution in [3.05, 3.63) is 12.3 Å². The van der Waals surface area contributed by atoms with Crippen molar-refractivity contribution in [2.45, 2.75) is 20.3 Å². The number of carbonyl (C=O) groups excluding carboxylic acids is 1. The van der Waals surface area contributed by atoms with E-state index < -0.39 is 0 Å². The van der Waals surface area contributed by atoms with Crippen molar-refractivity contribution in [3.8, 4) is 0 Å². The average Bonchev–Trinajstić information content (AvgIpc) is 2.63. The maximum atomic E-state index is 12.1. The number of carbonyl (C=O) groups is 1. The maximum absolute atomic E-state index is 12.1. The third kappa shape index (κ3) is 2.78. The standard InChI is InChI=1S/C12H20N4O/c1-9-6-10(2)8-16(7-9)12(17)14-11-4-5-13-15(11)3/h4-5,9-10H,6-8H2,1-3H3,(H,14,17). The van der Waals surface area contributed by atoms with E-state index in [1.807, 2.05) is 11.9 Å². The number of hydrogen-bond acceptors (Lipinski definition) is 2. The van der Waals surface area contributed by atoms with Gasteiger partial charge in [-0.3, -0.25) is 10.00 Å². The molecule has 0 spiro atoms. The molecule has 5 nitrogen and oxygen atoms in total. The number of urea groups is 1. The van der Waals surface area contributed by atoms with Gasteiger partial charge in [0.05, 0.1) is 6.20 Å². The van der Waals surface area contributed by atoms with Crippen molar-refractivity contribution < 1.29 is 4.79 Å². The zero-order valence-corrected chi connectivity index (χ0v) is 10.7. The third-order valence-electron chi connectivity index (χ3n) is 3.21. The largest absolute Gasteiger partial charge is 0.324 e. The molecule has 1 saturated heterocycles. The van der Waals surface area contributed by atoms with E-state index in [-0.39, 0.29) is 6.03 Å². The van der Waals surface area contributed by atoms with Gasteiger partial charge >= 0.3 is 6.03 Å². The van der Waals surface area contributed by atoms with E-state index in [1.165, 1.54) is 6.42 Å². The Morgan fingerprint density at radius 1 is 1.41 bits per heavy atom. The highest BCUT2D eigenvalue weighted by Crippen LogP contribution is 2.21. The van der Waals surface area contributed by atoms with E-state index in [2.05, 4.69) is 24.3 Å². The Balaban J connectivity index is 1.98. The highest BCUT2D eigenvalue weighted by atomic mass is 16.2. The first-order valence-corrected chi connectivity index (χ1v) is 6.10. The van der Waals surface area contributed by atoms with Crippen LogP contribution < -0.4 is 5.32 Å². The fraction of sp³-hybridized carbons (Fsp3) is 0.667. The Morgan fingerprint density at radius 2 is 2.06 bits per heavy atom. The fourth-order valence-corrected chi connectivity index (χ4v) is 2.51. The Morgan fingerprint density at radius 3 is 2.59 bits per heavy atom. The minimum Gasteiger partial charge on any atom is -0.324 e. The van der Waals surface area contributed by atoms with Crippen LogP contribution >= 0.6 is 0 Å². The molecule has 2 heterocycles. The molecule has 1 N–H and O–H groups in total. The molecule has 0 radical (unpaired) electrons. The molecule has 2 unspecified atom stereocenters. The predicted octanol–water partition coefficient (Wildman–Crippen LogP) is 1.93. The van der Waals surface area contributed by atoms with Gasteiger partial charge in [-0.05, 0) is 18.3 Å². The first kappa shape index (κ1) is 12.0. The second kappa shape index (κ2) is 4.77. The molecule has 1 aliphatic heterocycles. The molecule has 2 amide bonds. The Kier molecular flexibility index (Phi) is 3.36. The van der Waals surface area contributed by atoms with Gasteiger partial charge in [0.1, 0.15) is 5.82 Å². The van der Waals surface area contributed by atoms with Crippen LogP contribution in [0.15, 0.2) is 12.3 Å². The van der Waals surface area contributed by atoms with Crippen molar-refractivity contribution in [1.29, 1.82) is 0 Å². The van der Waals surface area contributed by atoms with Crippen molar-refractivity contribution >= 4 is 11.8 Å². The van der Waals surface area contributed by atoms with Crippen molar-refractivity contribution in [2.75, 3.05) is 18.4 Å². The summed E-state index contributed by atoms with van der Waals surface area (Å²) in [5.41, 5.74) is 0. The summed E-state index contributed by atoms with van der Waals surface area (Å²) in [6, 6.07) is 1.78. The van der Waals surface area contributed by atoms with E-state index >= 15 is 0 Å². The molecule has 0 aliphatic carbocycles. The zero-order chi connectivity index (χ0) is 12.4.